The van der Waals surface area contributed by atoms with Crippen molar-refractivity contribution in [1.82, 2.24) is 9.78 Å². The molecule has 0 aliphatic heterocycles. The second kappa shape index (κ2) is 5.28. The Balaban J connectivity index is 2.25. The van der Waals surface area contributed by atoms with Gasteiger partial charge in [-0.25, -0.2) is 0 Å². The van der Waals surface area contributed by atoms with Crippen LogP contribution in [-0.4, -0.2) is 15.6 Å². The number of ketones is 1. The van der Waals surface area contributed by atoms with Crippen LogP contribution in [0.25, 0.3) is 0 Å². The maximum absolute atomic E-state index is 12.6. The maximum atomic E-state index is 12.6. The number of carbonyl (C=O) groups is 1. The number of aromatic nitrogens is 2. The van der Waals surface area contributed by atoms with Gasteiger partial charge in [0.05, 0.1) is 16.8 Å². The maximum Gasteiger partial charge on any atom is 0.416 e. The Morgan fingerprint density at radius 3 is 2.65 bits per heavy atom. The molecule has 20 heavy (non-hydrogen) atoms. The summed E-state index contributed by atoms with van der Waals surface area (Å²) >= 11 is 5.83. The van der Waals surface area contributed by atoms with Crippen LogP contribution in [0.5, 0.6) is 0 Å². The van der Waals surface area contributed by atoms with E-state index in [4.69, 9.17) is 11.6 Å². The van der Waals surface area contributed by atoms with Crippen molar-refractivity contribution in [2.75, 3.05) is 0 Å². The SMILES string of the molecule is Cn1ncc(Cl)c1C(=O)Cc1cccc(C(F)(F)F)c1. The Labute approximate surface area is 118 Å². The molecule has 106 valence electrons. The Morgan fingerprint density at radius 2 is 2.10 bits per heavy atom. The predicted octanol–water partition coefficient (Wildman–Crippen LogP) is 3.52. The molecule has 0 unspecified atom stereocenters. The van der Waals surface area contributed by atoms with E-state index < -0.39 is 11.7 Å². The fraction of sp³-hybridized carbons (Fsp3) is 0.231. The van der Waals surface area contributed by atoms with E-state index in [-0.39, 0.29) is 28.5 Å². The molecule has 1 aromatic heterocycles. The van der Waals surface area contributed by atoms with Gasteiger partial charge in [0, 0.05) is 13.5 Å². The van der Waals surface area contributed by atoms with Crippen LogP contribution in [0.2, 0.25) is 5.02 Å². The zero-order valence-corrected chi connectivity index (χ0v) is 11.2. The summed E-state index contributed by atoms with van der Waals surface area (Å²) in [5.41, 5.74) is -0.315. The molecule has 0 N–H and O–H groups in total. The van der Waals surface area contributed by atoms with Crippen LogP contribution < -0.4 is 0 Å². The molecule has 0 radical (unpaired) electrons. The summed E-state index contributed by atoms with van der Waals surface area (Å²) in [6.07, 6.45) is -3.27. The normalized spacial score (nSPS) is 11.7. The number of halogens is 4. The number of benzene rings is 1. The highest BCUT2D eigenvalue weighted by Gasteiger charge is 2.30. The van der Waals surface area contributed by atoms with Crippen LogP contribution in [0, 0.1) is 0 Å². The van der Waals surface area contributed by atoms with E-state index in [0.717, 1.165) is 12.1 Å². The summed E-state index contributed by atoms with van der Waals surface area (Å²) in [7, 11) is 1.55. The van der Waals surface area contributed by atoms with Gasteiger partial charge in [0.15, 0.2) is 5.78 Å². The minimum atomic E-state index is -4.43. The van der Waals surface area contributed by atoms with Crippen LogP contribution >= 0.6 is 11.6 Å². The van der Waals surface area contributed by atoms with Crippen molar-refractivity contribution in [3.63, 3.8) is 0 Å². The molecule has 0 amide bonds. The largest absolute Gasteiger partial charge is 0.416 e. The van der Waals surface area contributed by atoms with E-state index in [1.54, 1.807) is 7.05 Å². The van der Waals surface area contributed by atoms with E-state index in [2.05, 4.69) is 5.10 Å². The monoisotopic (exact) mass is 302 g/mol. The summed E-state index contributed by atoms with van der Waals surface area (Å²) in [5.74, 6) is -0.380. The lowest BCUT2D eigenvalue weighted by atomic mass is 10.0. The lowest BCUT2D eigenvalue weighted by molar-refractivity contribution is -0.137. The molecule has 0 spiro atoms. The molecular formula is C13H10ClF3N2O. The molecule has 1 heterocycles. The van der Waals surface area contributed by atoms with Gasteiger partial charge in [-0.2, -0.15) is 18.3 Å². The van der Waals surface area contributed by atoms with E-state index in [9.17, 15) is 18.0 Å². The highest BCUT2D eigenvalue weighted by Crippen LogP contribution is 2.29. The molecule has 0 saturated heterocycles. The fourth-order valence-corrected chi connectivity index (χ4v) is 2.12. The molecule has 2 aromatic rings. The average Bonchev–Trinajstić information content (AvgIpc) is 2.68. The number of hydrogen-bond donors (Lipinski definition) is 0. The third-order valence-corrected chi connectivity index (χ3v) is 3.05. The number of carbonyl (C=O) groups excluding carboxylic acids is 1. The predicted molar refractivity (Wildman–Crippen MR) is 67.7 cm³/mol. The molecule has 7 heteroatoms. The first-order valence-electron chi connectivity index (χ1n) is 5.66. The summed E-state index contributed by atoms with van der Waals surface area (Å²) in [6, 6.07) is 4.67. The smallest absolute Gasteiger partial charge is 0.292 e. The van der Waals surface area contributed by atoms with Gasteiger partial charge >= 0.3 is 6.18 Å². The summed E-state index contributed by atoms with van der Waals surface area (Å²) in [4.78, 5) is 12.1. The van der Waals surface area contributed by atoms with E-state index >= 15 is 0 Å². The van der Waals surface area contributed by atoms with Gasteiger partial charge in [-0.15, -0.1) is 0 Å². The van der Waals surface area contributed by atoms with E-state index in [1.165, 1.54) is 23.0 Å². The average molecular weight is 303 g/mol. The number of Topliss-reactive ketones (excluding diaryl/α,β-unsaturated/α-hetero) is 1. The molecule has 3 nitrogen and oxygen atoms in total. The minimum Gasteiger partial charge on any atom is -0.292 e. The van der Waals surface area contributed by atoms with Crippen LogP contribution in [0.15, 0.2) is 30.5 Å². The van der Waals surface area contributed by atoms with Gasteiger partial charge < -0.3 is 0 Å². The molecule has 2 rings (SSSR count). The van der Waals surface area contributed by atoms with Crippen LogP contribution in [0.4, 0.5) is 13.2 Å². The third kappa shape index (κ3) is 3.01. The lowest BCUT2D eigenvalue weighted by Crippen LogP contribution is -2.11. The van der Waals surface area contributed by atoms with Gasteiger partial charge in [-0.1, -0.05) is 29.8 Å². The van der Waals surface area contributed by atoms with Crippen molar-refractivity contribution >= 4 is 17.4 Å². The van der Waals surface area contributed by atoms with E-state index in [0.29, 0.717) is 0 Å². The number of nitrogens with zero attached hydrogens (tertiary/aromatic N) is 2. The summed E-state index contributed by atoms with van der Waals surface area (Å²) in [6.45, 7) is 0. The molecule has 0 fully saturated rings. The topological polar surface area (TPSA) is 34.9 Å². The second-order valence-electron chi connectivity index (χ2n) is 4.26. The van der Waals surface area contributed by atoms with E-state index in [1.807, 2.05) is 0 Å². The van der Waals surface area contributed by atoms with Crippen molar-refractivity contribution in [3.05, 3.63) is 52.3 Å². The highest BCUT2D eigenvalue weighted by atomic mass is 35.5. The van der Waals surface area contributed by atoms with Gasteiger partial charge in [-0.05, 0) is 11.6 Å². The summed E-state index contributed by atoms with van der Waals surface area (Å²) < 4.78 is 39.1. The number of aryl methyl sites for hydroxylation is 1. The first kappa shape index (κ1) is 14.6. The fourth-order valence-electron chi connectivity index (χ4n) is 1.85. The van der Waals surface area contributed by atoms with Crippen LogP contribution in [0.1, 0.15) is 21.6 Å². The Kier molecular flexibility index (Phi) is 3.85. The molecule has 0 bridgehead atoms. The van der Waals surface area contributed by atoms with Crippen molar-refractivity contribution in [2.24, 2.45) is 7.05 Å². The first-order chi connectivity index (χ1) is 9.29. The highest BCUT2D eigenvalue weighted by molar-refractivity contribution is 6.33. The van der Waals surface area contributed by atoms with Gasteiger partial charge in [0.2, 0.25) is 0 Å². The van der Waals surface area contributed by atoms with Crippen molar-refractivity contribution in [2.45, 2.75) is 12.6 Å². The quantitative estimate of drug-likeness (QED) is 0.813. The molecular weight excluding hydrogens is 293 g/mol. The third-order valence-electron chi connectivity index (χ3n) is 2.78. The number of rotatable bonds is 3. The van der Waals surface area contributed by atoms with Crippen LogP contribution in [0.3, 0.4) is 0 Å². The first-order valence-corrected chi connectivity index (χ1v) is 6.03. The van der Waals surface area contributed by atoms with Gasteiger partial charge in [0.1, 0.15) is 5.69 Å². The number of hydrogen-bond acceptors (Lipinski definition) is 2. The zero-order valence-electron chi connectivity index (χ0n) is 10.4. The second-order valence-corrected chi connectivity index (χ2v) is 4.67. The molecule has 0 atom stereocenters. The lowest BCUT2D eigenvalue weighted by Gasteiger charge is -2.08. The Morgan fingerprint density at radius 1 is 1.40 bits per heavy atom. The Bertz CT molecular complexity index is 630. The molecule has 1 aromatic carbocycles. The van der Waals surface area contributed by atoms with Crippen LogP contribution in [-0.2, 0) is 19.6 Å². The van der Waals surface area contributed by atoms with Gasteiger partial charge in [0.25, 0.3) is 0 Å². The van der Waals surface area contributed by atoms with Gasteiger partial charge in [-0.3, -0.25) is 9.48 Å². The molecule has 0 aliphatic carbocycles. The Hall–Kier alpha value is -1.82. The standard InChI is InChI=1S/C13H10ClF3N2O/c1-19-12(10(14)7-18-19)11(20)6-8-3-2-4-9(5-8)13(15,16)17/h2-5,7H,6H2,1H3. The van der Waals surface area contributed by atoms with Crippen molar-refractivity contribution < 1.29 is 18.0 Å². The number of alkyl halides is 3. The zero-order chi connectivity index (χ0) is 14.9. The van der Waals surface area contributed by atoms with Crippen molar-refractivity contribution in [3.8, 4) is 0 Å². The molecule has 0 saturated carbocycles. The summed E-state index contributed by atoms with van der Waals surface area (Å²) in [5, 5.41) is 4.00. The van der Waals surface area contributed by atoms with Crippen molar-refractivity contribution in [1.29, 1.82) is 0 Å². The minimum absolute atomic E-state index is 0.164. The molecule has 0 aliphatic rings.